The maximum Gasteiger partial charge on any atom is 0.396 e. The molecule has 0 saturated heterocycles. The number of alkyl halides is 3. The van der Waals surface area contributed by atoms with E-state index >= 15 is 0 Å². The van der Waals surface area contributed by atoms with Crippen molar-refractivity contribution in [1.82, 2.24) is 0 Å². The van der Waals surface area contributed by atoms with Gasteiger partial charge in [-0.2, -0.15) is 13.2 Å². The van der Waals surface area contributed by atoms with E-state index in [9.17, 15) is 22.8 Å². The summed E-state index contributed by atoms with van der Waals surface area (Å²) in [6.07, 6.45) is -4.11. The van der Waals surface area contributed by atoms with Crippen LogP contribution in [0.4, 0.5) is 13.2 Å². The van der Waals surface area contributed by atoms with Crippen molar-refractivity contribution in [2.24, 2.45) is 0 Å². The highest BCUT2D eigenvalue weighted by Gasteiger charge is 2.47. The van der Waals surface area contributed by atoms with Gasteiger partial charge in [-0.15, -0.1) is 0 Å². The molecule has 1 aliphatic carbocycles. The first-order valence-electron chi connectivity index (χ1n) is 4.50. The highest BCUT2D eigenvalue weighted by atomic mass is 19.4. The van der Waals surface area contributed by atoms with Crippen molar-refractivity contribution in [2.75, 3.05) is 0 Å². The first-order chi connectivity index (χ1) is 7.41. The van der Waals surface area contributed by atoms with E-state index in [2.05, 4.69) is 0 Å². The van der Waals surface area contributed by atoms with Crippen molar-refractivity contribution in [1.29, 1.82) is 0 Å². The van der Waals surface area contributed by atoms with Gasteiger partial charge < -0.3 is 0 Å². The van der Waals surface area contributed by atoms with E-state index in [0.29, 0.717) is 6.42 Å². The first-order valence-corrected chi connectivity index (χ1v) is 4.50. The zero-order valence-corrected chi connectivity index (χ0v) is 7.91. The lowest BCUT2D eigenvalue weighted by atomic mass is 9.81. The highest BCUT2D eigenvalue weighted by molar-refractivity contribution is 6.48. The van der Waals surface area contributed by atoms with Gasteiger partial charge >= 0.3 is 6.18 Å². The molecule has 2 nitrogen and oxygen atoms in total. The first kappa shape index (κ1) is 10.9. The van der Waals surface area contributed by atoms with E-state index in [4.69, 9.17) is 0 Å². The Morgan fingerprint density at radius 1 is 1.06 bits per heavy atom. The summed E-state index contributed by atoms with van der Waals surface area (Å²) in [6, 6.07) is 5.30. The maximum atomic E-state index is 12.6. The molecule has 1 radical (unpaired) electrons. The summed E-state index contributed by atoms with van der Waals surface area (Å²) in [7, 11) is 0. The number of hydrogen-bond acceptors (Lipinski definition) is 2. The number of carbonyl (C=O) groups is 2. The SMILES string of the molecule is O=C1[CH]C(C(F)(F)F)c2ccccc2C1=O. The van der Waals surface area contributed by atoms with Crippen LogP contribution < -0.4 is 0 Å². The minimum atomic E-state index is -4.55. The van der Waals surface area contributed by atoms with Crippen LogP contribution in [0.5, 0.6) is 0 Å². The molecule has 1 aliphatic rings. The van der Waals surface area contributed by atoms with Crippen LogP contribution in [0.15, 0.2) is 24.3 Å². The molecular weight excluding hydrogens is 221 g/mol. The molecule has 0 aliphatic heterocycles. The van der Waals surface area contributed by atoms with Crippen molar-refractivity contribution < 1.29 is 22.8 Å². The molecular formula is C11H6F3O2. The van der Waals surface area contributed by atoms with Crippen LogP contribution in [-0.4, -0.2) is 17.7 Å². The van der Waals surface area contributed by atoms with Gasteiger partial charge in [-0.25, -0.2) is 0 Å². The third-order valence-electron chi connectivity index (χ3n) is 2.43. The van der Waals surface area contributed by atoms with E-state index in [0.717, 1.165) is 0 Å². The van der Waals surface area contributed by atoms with Gasteiger partial charge in [0.15, 0.2) is 0 Å². The Labute approximate surface area is 89.1 Å². The Balaban J connectivity index is 2.58. The topological polar surface area (TPSA) is 34.1 Å². The summed E-state index contributed by atoms with van der Waals surface area (Å²) in [5.41, 5.74) is -0.308. The lowest BCUT2D eigenvalue weighted by Crippen LogP contribution is -2.33. The molecule has 5 heteroatoms. The summed E-state index contributed by atoms with van der Waals surface area (Å²) in [4.78, 5) is 22.4. The van der Waals surface area contributed by atoms with Crippen LogP contribution in [0.25, 0.3) is 0 Å². The van der Waals surface area contributed by atoms with Gasteiger partial charge in [0.1, 0.15) is 0 Å². The number of halogens is 3. The van der Waals surface area contributed by atoms with Crippen molar-refractivity contribution in [2.45, 2.75) is 12.1 Å². The smallest absolute Gasteiger partial charge is 0.290 e. The third-order valence-corrected chi connectivity index (χ3v) is 2.43. The van der Waals surface area contributed by atoms with Crippen molar-refractivity contribution in [3.63, 3.8) is 0 Å². The lowest BCUT2D eigenvalue weighted by molar-refractivity contribution is -0.147. The molecule has 0 amide bonds. The predicted molar refractivity (Wildman–Crippen MR) is 48.9 cm³/mol. The minimum Gasteiger partial charge on any atom is -0.290 e. The van der Waals surface area contributed by atoms with Crippen LogP contribution in [0.2, 0.25) is 0 Å². The Kier molecular flexibility index (Phi) is 2.33. The van der Waals surface area contributed by atoms with E-state index in [-0.39, 0.29) is 11.1 Å². The van der Waals surface area contributed by atoms with Gasteiger partial charge in [0.2, 0.25) is 11.6 Å². The third kappa shape index (κ3) is 1.62. The van der Waals surface area contributed by atoms with Crippen LogP contribution in [0.3, 0.4) is 0 Å². The Morgan fingerprint density at radius 3 is 2.31 bits per heavy atom. The summed E-state index contributed by atoms with van der Waals surface area (Å²) in [5.74, 6) is -3.95. The lowest BCUT2D eigenvalue weighted by Gasteiger charge is -2.25. The fourth-order valence-electron chi connectivity index (χ4n) is 1.70. The molecule has 0 aromatic heterocycles. The molecule has 0 bridgehead atoms. The zero-order valence-electron chi connectivity index (χ0n) is 7.91. The Morgan fingerprint density at radius 2 is 1.69 bits per heavy atom. The second-order valence-corrected chi connectivity index (χ2v) is 3.47. The second-order valence-electron chi connectivity index (χ2n) is 3.47. The second kappa shape index (κ2) is 3.43. The van der Waals surface area contributed by atoms with Gasteiger partial charge in [-0.3, -0.25) is 9.59 Å². The number of carbonyl (C=O) groups excluding carboxylic acids is 2. The van der Waals surface area contributed by atoms with Crippen molar-refractivity contribution in [3.8, 4) is 0 Å². The van der Waals surface area contributed by atoms with Gasteiger partial charge in [0, 0.05) is 5.56 Å². The van der Waals surface area contributed by atoms with E-state index in [1.165, 1.54) is 24.3 Å². The zero-order chi connectivity index (χ0) is 11.9. The van der Waals surface area contributed by atoms with E-state index in [1.54, 1.807) is 0 Å². The Hall–Kier alpha value is -1.65. The highest BCUT2D eigenvalue weighted by Crippen LogP contribution is 2.41. The van der Waals surface area contributed by atoms with Gasteiger partial charge in [0.05, 0.1) is 12.3 Å². The molecule has 1 unspecified atom stereocenters. The number of ketones is 2. The molecule has 1 aromatic rings. The van der Waals surface area contributed by atoms with Crippen LogP contribution in [-0.2, 0) is 4.79 Å². The van der Waals surface area contributed by atoms with Crippen LogP contribution >= 0.6 is 0 Å². The molecule has 16 heavy (non-hydrogen) atoms. The number of fused-ring (bicyclic) bond motifs is 1. The van der Waals surface area contributed by atoms with Crippen molar-refractivity contribution >= 4 is 11.6 Å². The molecule has 2 rings (SSSR count). The van der Waals surface area contributed by atoms with Gasteiger partial charge in [-0.1, -0.05) is 24.3 Å². The molecule has 0 spiro atoms. The maximum absolute atomic E-state index is 12.6. The fraction of sp³-hybridized carbons (Fsp3) is 0.182. The number of rotatable bonds is 0. The average molecular weight is 227 g/mol. The molecule has 83 valence electrons. The predicted octanol–water partition coefficient (Wildman–Crippen LogP) is 2.30. The van der Waals surface area contributed by atoms with E-state index < -0.39 is 23.7 Å². The Bertz CT molecular complexity index is 463. The number of Topliss-reactive ketones (excluding diaryl/α,β-unsaturated/α-hetero) is 2. The quantitative estimate of drug-likeness (QED) is 0.637. The van der Waals surface area contributed by atoms with Crippen LogP contribution in [0.1, 0.15) is 21.8 Å². The molecule has 1 atom stereocenters. The molecule has 0 fully saturated rings. The largest absolute Gasteiger partial charge is 0.396 e. The average Bonchev–Trinajstić information content (AvgIpc) is 2.22. The molecule has 1 aromatic carbocycles. The summed E-state index contributed by atoms with van der Waals surface area (Å²) < 4.78 is 37.9. The van der Waals surface area contributed by atoms with Gasteiger partial charge in [0.25, 0.3) is 0 Å². The molecule has 0 saturated carbocycles. The summed E-state index contributed by atoms with van der Waals surface area (Å²) >= 11 is 0. The van der Waals surface area contributed by atoms with Gasteiger partial charge in [-0.05, 0) is 5.56 Å². The fourth-order valence-corrected chi connectivity index (χ4v) is 1.70. The van der Waals surface area contributed by atoms with Crippen molar-refractivity contribution in [3.05, 3.63) is 41.8 Å². The monoisotopic (exact) mass is 227 g/mol. The molecule has 0 heterocycles. The minimum absolute atomic E-state index is 0.153. The number of hydrogen-bond donors (Lipinski definition) is 0. The molecule has 0 N–H and O–H groups in total. The normalized spacial score (nSPS) is 20.8. The van der Waals surface area contributed by atoms with E-state index in [1.807, 2.05) is 0 Å². The standard InChI is InChI=1S/C11H6F3O2/c12-11(13,14)8-5-9(15)10(16)7-4-2-1-3-6(7)8/h1-5,8H. The summed E-state index contributed by atoms with van der Waals surface area (Å²) in [5, 5.41) is 0. The van der Waals surface area contributed by atoms with Crippen LogP contribution in [0, 0.1) is 6.42 Å². The number of benzene rings is 1. The summed E-state index contributed by atoms with van der Waals surface area (Å²) in [6.45, 7) is 0.